The summed E-state index contributed by atoms with van der Waals surface area (Å²) in [5, 5.41) is 3.81. The lowest BCUT2D eigenvalue weighted by Crippen LogP contribution is -2.54. The zero-order chi connectivity index (χ0) is 49.9. The highest BCUT2D eigenvalue weighted by Gasteiger charge is 2.56. The van der Waals surface area contributed by atoms with Gasteiger partial charge in [0.25, 0.3) is 0 Å². The van der Waals surface area contributed by atoms with Gasteiger partial charge in [-0.15, -0.1) is 0 Å². The van der Waals surface area contributed by atoms with Gasteiger partial charge in [-0.25, -0.2) is 0 Å². The molecular weight excluding hydrogens is 917 g/mol. The monoisotopic (exact) mass is 995 g/mol. The maximum Gasteiger partial charge on any atom is 0.159 e. The van der Waals surface area contributed by atoms with E-state index in [9.17, 15) is 0 Å². The maximum atomic E-state index is 7.32. The Bertz CT molecular complexity index is 3320. The number of nitrogens with zero attached hydrogens (tertiary/aromatic N) is 2. The average molecular weight is 995 g/mol. The van der Waals surface area contributed by atoms with Crippen molar-refractivity contribution in [1.82, 2.24) is 4.90 Å². The zero-order valence-electron chi connectivity index (χ0n) is 45.2. The van der Waals surface area contributed by atoms with Gasteiger partial charge >= 0.3 is 0 Å². The van der Waals surface area contributed by atoms with Gasteiger partial charge in [0.15, 0.2) is 5.58 Å². The summed E-state index contributed by atoms with van der Waals surface area (Å²) in [7, 11) is 0. The molecule has 16 rings (SSSR count). The van der Waals surface area contributed by atoms with E-state index in [1.54, 1.807) is 22.4 Å². The predicted molar refractivity (Wildman–Crippen MR) is 304 cm³/mol. The molecular formula is C70H78N2O3. The van der Waals surface area contributed by atoms with Gasteiger partial charge in [0, 0.05) is 58.3 Å². The fraction of sp³-hybridized carbons (Fsp3) is 0.514. The topological polar surface area (TPSA) is 38.1 Å². The molecule has 3 heterocycles. The second kappa shape index (κ2) is 17.0. The van der Waals surface area contributed by atoms with E-state index >= 15 is 0 Å². The zero-order valence-corrected chi connectivity index (χ0v) is 45.2. The Balaban J connectivity index is 0.738. The molecule has 0 amide bonds. The number of para-hydroxylation sites is 1. The number of hydrogen-bond acceptors (Lipinski definition) is 5. The molecule has 0 spiro atoms. The highest BCUT2D eigenvalue weighted by molar-refractivity contribution is 5.98. The van der Waals surface area contributed by atoms with Crippen molar-refractivity contribution in [2.45, 2.75) is 185 Å². The summed E-state index contributed by atoms with van der Waals surface area (Å²) in [6, 6.07) is 29.1. The standard InChI is InChI=1S/C70H78N2O3/c1-69(2)57-21-9-5-15-47(57)54-38-44(30-33-59(54)69)71(61-23-13-19-52-49-17-7-11-25-63(49)74-67(52)61)43-28-27-41-36-56-51-32-29-46(40-66(51)73-65(56)37-42(41)35-43)72(62-24-14-20-53-50-18-8-12-26-64(50)75-68(53)62)45-31-34-60-55(39-45)48-16-6-10-22-58(48)70(60,3)4/h6,10-11,13,16,19,22-23,25,27-32,35-37,46-47,51,53-55,57,59-60,62,66,68H,5,7-9,12,14-15,17-18,20-21,24,26,33-34,38-40H2,1-4H3. The van der Waals surface area contributed by atoms with E-state index in [0.29, 0.717) is 29.2 Å². The normalized spacial score (nSPS) is 34.1. The van der Waals surface area contributed by atoms with Gasteiger partial charge in [-0.2, -0.15) is 0 Å². The summed E-state index contributed by atoms with van der Waals surface area (Å²) in [4.78, 5) is 5.57. The first-order valence-electron chi connectivity index (χ1n) is 30.3. The number of fused-ring (bicyclic) bond motifs is 15. The van der Waals surface area contributed by atoms with Crippen molar-refractivity contribution in [3.8, 4) is 5.75 Å². The van der Waals surface area contributed by atoms with Gasteiger partial charge in [0.2, 0.25) is 0 Å². The van der Waals surface area contributed by atoms with Crippen LogP contribution in [0.1, 0.15) is 177 Å². The highest BCUT2D eigenvalue weighted by atomic mass is 16.5. The maximum absolute atomic E-state index is 7.32. The number of ether oxygens (including phenoxy) is 2. The molecule has 0 N–H and O–H groups in total. The quantitative estimate of drug-likeness (QED) is 0.159. The second-order valence-electron chi connectivity index (χ2n) is 26.9. The van der Waals surface area contributed by atoms with E-state index in [4.69, 9.17) is 13.9 Å². The van der Waals surface area contributed by atoms with Gasteiger partial charge in [-0.05, 0) is 194 Å². The SMILES string of the molecule is CC1(C)c2ccccc2C2CC(N(C3C=CC4c5cc6ccc(N(C7=CCC8C(C7)C7CCCCC7C8(C)C)c7cccc8c9c(oc78)C=CCC9)cc6cc5OC4C3)C3CCCC4C5=C(CCCC5)OC43)=CCC21. The van der Waals surface area contributed by atoms with E-state index in [1.165, 1.54) is 114 Å². The number of anilines is 2. The first-order valence-corrected chi connectivity index (χ1v) is 30.3. The highest BCUT2D eigenvalue weighted by Crippen LogP contribution is 2.64. The van der Waals surface area contributed by atoms with E-state index < -0.39 is 0 Å². The Morgan fingerprint density at radius 3 is 2.49 bits per heavy atom. The Morgan fingerprint density at radius 1 is 0.667 bits per heavy atom. The fourth-order valence-corrected chi connectivity index (χ4v) is 19.4. The van der Waals surface area contributed by atoms with Gasteiger partial charge in [-0.1, -0.05) is 120 Å². The van der Waals surface area contributed by atoms with Crippen molar-refractivity contribution in [2.24, 2.45) is 40.9 Å². The van der Waals surface area contributed by atoms with Crippen LogP contribution in [-0.2, 0) is 16.6 Å². The number of allylic oxidation sites excluding steroid dienone is 6. The van der Waals surface area contributed by atoms with Crippen molar-refractivity contribution < 1.29 is 13.9 Å². The van der Waals surface area contributed by atoms with Crippen LogP contribution in [0.25, 0.3) is 27.8 Å². The Morgan fingerprint density at radius 2 is 1.55 bits per heavy atom. The molecule has 12 atom stereocenters. The molecule has 1 aromatic heterocycles. The molecule has 0 radical (unpaired) electrons. The molecule has 4 aromatic carbocycles. The molecule has 0 saturated heterocycles. The van der Waals surface area contributed by atoms with E-state index in [2.05, 4.69) is 147 Å². The summed E-state index contributed by atoms with van der Waals surface area (Å²) < 4.78 is 21.5. The summed E-state index contributed by atoms with van der Waals surface area (Å²) in [6.07, 6.45) is 37.3. The van der Waals surface area contributed by atoms with Crippen LogP contribution in [0.5, 0.6) is 5.75 Å². The second-order valence-corrected chi connectivity index (χ2v) is 26.9. The van der Waals surface area contributed by atoms with Crippen molar-refractivity contribution in [3.63, 3.8) is 0 Å². The van der Waals surface area contributed by atoms with Crippen molar-refractivity contribution in [1.29, 1.82) is 0 Å². The summed E-state index contributed by atoms with van der Waals surface area (Å²) in [5.74, 6) is 8.61. The van der Waals surface area contributed by atoms with Gasteiger partial charge in [0.05, 0.1) is 23.5 Å². The Labute approximate surface area is 446 Å². The largest absolute Gasteiger partial charge is 0.492 e. The van der Waals surface area contributed by atoms with Gasteiger partial charge in [0.1, 0.15) is 23.7 Å². The lowest BCUT2D eigenvalue weighted by molar-refractivity contribution is -0.0136. The molecule has 2 aliphatic heterocycles. The number of aryl methyl sites for hydroxylation is 1. The third kappa shape index (κ3) is 6.86. The van der Waals surface area contributed by atoms with Crippen LogP contribution in [0.4, 0.5) is 11.4 Å². The van der Waals surface area contributed by atoms with Crippen molar-refractivity contribution >= 4 is 39.2 Å². The minimum absolute atomic E-state index is 0.0971. The van der Waals surface area contributed by atoms with Crippen LogP contribution in [0.2, 0.25) is 0 Å². The molecule has 0 bridgehead atoms. The van der Waals surface area contributed by atoms with Crippen LogP contribution in [0, 0.1) is 40.9 Å². The number of rotatable bonds is 6. The molecule has 3 fully saturated rings. The average Bonchev–Trinajstić information content (AvgIpc) is 4.24. The fourth-order valence-electron chi connectivity index (χ4n) is 19.4. The lowest BCUT2D eigenvalue weighted by atomic mass is 9.68. The molecule has 3 saturated carbocycles. The third-order valence-electron chi connectivity index (χ3n) is 22.8. The van der Waals surface area contributed by atoms with Crippen LogP contribution < -0.4 is 9.64 Å². The summed E-state index contributed by atoms with van der Waals surface area (Å²) in [6.45, 7) is 10.2. The smallest absolute Gasteiger partial charge is 0.159 e. The number of furan rings is 1. The molecule has 5 heteroatoms. The molecule has 9 aliphatic carbocycles. The van der Waals surface area contributed by atoms with Gasteiger partial charge in [-0.3, -0.25) is 0 Å². The molecule has 11 aliphatic rings. The van der Waals surface area contributed by atoms with Crippen molar-refractivity contribution in [2.75, 3.05) is 4.90 Å². The number of benzene rings is 4. The minimum Gasteiger partial charge on any atom is -0.492 e. The van der Waals surface area contributed by atoms with Crippen LogP contribution >= 0.6 is 0 Å². The predicted octanol–water partition coefficient (Wildman–Crippen LogP) is 17.7. The van der Waals surface area contributed by atoms with E-state index in [-0.39, 0.29) is 29.6 Å². The molecule has 5 nitrogen and oxygen atoms in total. The van der Waals surface area contributed by atoms with Gasteiger partial charge < -0.3 is 23.7 Å². The molecule has 5 aromatic rings. The first-order chi connectivity index (χ1) is 36.7. The number of hydrogen-bond donors (Lipinski definition) is 0. The lowest BCUT2D eigenvalue weighted by Gasteiger charge is -2.49. The van der Waals surface area contributed by atoms with Crippen LogP contribution in [0.15, 0.2) is 130 Å². The van der Waals surface area contributed by atoms with E-state index in [1.807, 2.05) is 0 Å². The Kier molecular flexibility index (Phi) is 10.4. The third-order valence-corrected chi connectivity index (χ3v) is 22.8. The molecule has 75 heavy (non-hydrogen) atoms. The summed E-state index contributed by atoms with van der Waals surface area (Å²) in [5.41, 5.74) is 14.6. The van der Waals surface area contributed by atoms with Crippen molar-refractivity contribution in [3.05, 3.63) is 154 Å². The molecule has 386 valence electrons. The molecule has 12 unspecified atom stereocenters. The first kappa shape index (κ1) is 45.7. The minimum atomic E-state index is 0.0971. The van der Waals surface area contributed by atoms with Crippen LogP contribution in [0.3, 0.4) is 0 Å². The van der Waals surface area contributed by atoms with Crippen LogP contribution in [-0.4, -0.2) is 29.2 Å². The van der Waals surface area contributed by atoms with E-state index in [0.717, 1.165) is 92.1 Å². The summed E-state index contributed by atoms with van der Waals surface area (Å²) >= 11 is 0. The Hall–Kier alpha value is -5.42.